The van der Waals surface area contributed by atoms with Crippen molar-refractivity contribution < 1.29 is 9.21 Å². The molecule has 0 saturated heterocycles. The zero-order valence-electron chi connectivity index (χ0n) is 6.83. The molecule has 0 radical (unpaired) electrons. The molecule has 1 aromatic heterocycles. The summed E-state index contributed by atoms with van der Waals surface area (Å²) in [6, 6.07) is 0. The molecule has 1 rings (SSSR count). The molecule has 6 heteroatoms. The molecular formula is C6H10BrN3O2. The Labute approximate surface area is 79.7 Å². The number of carbonyl (C=O) groups excluding carboxylic acids is 1. The molecular weight excluding hydrogens is 226 g/mol. The summed E-state index contributed by atoms with van der Waals surface area (Å²) in [6.45, 7) is 3.18. The zero-order valence-corrected chi connectivity index (χ0v) is 8.54. The Kier molecular flexibility index (Phi) is 3.88. The molecule has 68 valence electrons. The van der Waals surface area contributed by atoms with E-state index in [1.807, 2.05) is 0 Å². The van der Waals surface area contributed by atoms with Crippen molar-refractivity contribution in [2.45, 2.75) is 20.4 Å². The van der Waals surface area contributed by atoms with Crippen LogP contribution in [0.4, 0.5) is 0 Å². The van der Waals surface area contributed by atoms with Gasteiger partial charge in [-0.2, -0.15) is 0 Å². The van der Waals surface area contributed by atoms with E-state index in [0.29, 0.717) is 5.89 Å². The van der Waals surface area contributed by atoms with Gasteiger partial charge >= 0.3 is 5.68 Å². The van der Waals surface area contributed by atoms with Crippen molar-refractivity contribution in [3.05, 3.63) is 11.6 Å². The maximum absolute atomic E-state index is 10.6. The Morgan fingerprint density at radius 2 is 2.33 bits per heavy atom. The molecule has 5 nitrogen and oxygen atoms in total. The molecule has 0 unspecified atom stereocenters. The van der Waals surface area contributed by atoms with Gasteiger partial charge < -0.3 is 4.42 Å². The average Bonchev–Trinajstić information content (AvgIpc) is 2.09. The van der Waals surface area contributed by atoms with Gasteiger partial charge in [0.25, 0.3) is 0 Å². The number of carbonyl (C=O) groups is 1. The van der Waals surface area contributed by atoms with Crippen LogP contribution in [-0.4, -0.2) is 15.6 Å². The number of hydrogen-bond donors (Lipinski definition) is 1. The van der Waals surface area contributed by atoms with Crippen molar-refractivity contribution in [1.82, 2.24) is 9.78 Å². The monoisotopic (exact) mass is 235 g/mol. The molecule has 1 N–H and O–H groups in total. The van der Waals surface area contributed by atoms with Crippen LogP contribution in [0.1, 0.15) is 12.8 Å². The van der Waals surface area contributed by atoms with Crippen molar-refractivity contribution in [3.8, 4) is 0 Å². The van der Waals surface area contributed by atoms with Gasteiger partial charge in [0.05, 0.1) is 0 Å². The largest absolute Gasteiger partial charge is 0.409 e. The summed E-state index contributed by atoms with van der Waals surface area (Å²) >= 11 is 0. The van der Waals surface area contributed by atoms with Gasteiger partial charge in [-0.1, -0.05) is 0 Å². The number of aryl methyl sites for hydroxylation is 1. The Bertz CT molecular complexity index is 328. The van der Waals surface area contributed by atoms with Crippen molar-refractivity contribution in [3.63, 3.8) is 0 Å². The molecule has 1 heterocycles. The van der Waals surface area contributed by atoms with E-state index in [0.717, 1.165) is 0 Å². The second-order valence-electron chi connectivity index (χ2n) is 2.29. The van der Waals surface area contributed by atoms with E-state index in [1.165, 1.54) is 11.6 Å². The van der Waals surface area contributed by atoms with Gasteiger partial charge in [-0.25, -0.2) is 10.1 Å². The smallest absolute Gasteiger partial charge is 0.312 e. The van der Waals surface area contributed by atoms with Gasteiger partial charge in [-0.15, -0.1) is 22.1 Å². The molecule has 0 saturated carbocycles. The second-order valence-corrected chi connectivity index (χ2v) is 2.29. The summed E-state index contributed by atoms with van der Waals surface area (Å²) < 4.78 is 6.00. The second kappa shape index (κ2) is 4.20. The summed E-state index contributed by atoms with van der Waals surface area (Å²) in [6.07, 6.45) is 0. The number of aromatic nitrogens is 2. The van der Waals surface area contributed by atoms with E-state index >= 15 is 0 Å². The zero-order chi connectivity index (χ0) is 8.43. The molecule has 0 fully saturated rings. The minimum Gasteiger partial charge on any atom is -0.409 e. The predicted molar refractivity (Wildman–Crippen MR) is 46.1 cm³/mol. The molecule has 0 amide bonds. The number of ketones is 1. The van der Waals surface area contributed by atoms with E-state index < -0.39 is 0 Å². The fourth-order valence-corrected chi connectivity index (χ4v) is 0.746. The highest BCUT2D eigenvalue weighted by atomic mass is 79.9. The lowest BCUT2D eigenvalue weighted by Crippen LogP contribution is -2.19. The van der Waals surface area contributed by atoms with Crippen LogP contribution in [0.5, 0.6) is 0 Å². The lowest BCUT2D eigenvalue weighted by atomic mass is 10.5. The molecule has 0 aliphatic rings. The van der Waals surface area contributed by atoms with Crippen LogP contribution in [-0.2, 0) is 11.3 Å². The normalized spacial score (nSPS) is 9.17. The minimum absolute atomic E-state index is 0. The van der Waals surface area contributed by atoms with Crippen LogP contribution in [0, 0.1) is 12.3 Å². The highest BCUT2D eigenvalue weighted by molar-refractivity contribution is 8.93. The van der Waals surface area contributed by atoms with Crippen molar-refractivity contribution >= 4 is 22.8 Å². The Morgan fingerprint density at radius 1 is 1.75 bits per heavy atom. The molecule has 12 heavy (non-hydrogen) atoms. The third kappa shape index (κ3) is 2.61. The molecule has 0 aliphatic carbocycles. The number of hydrogen-bond acceptors (Lipinski definition) is 4. The van der Waals surface area contributed by atoms with Gasteiger partial charge in [-0.05, 0) is 6.92 Å². The number of halogens is 1. The number of nitrogens with zero attached hydrogens (tertiary/aromatic N) is 2. The van der Waals surface area contributed by atoms with E-state index in [1.54, 1.807) is 6.92 Å². The Hall–Kier alpha value is -0.910. The van der Waals surface area contributed by atoms with Crippen molar-refractivity contribution in [2.24, 2.45) is 0 Å². The summed E-state index contributed by atoms with van der Waals surface area (Å²) in [5.74, 6) is 0.355. The lowest BCUT2D eigenvalue weighted by molar-refractivity contribution is -0.117. The lowest BCUT2D eigenvalue weighted by Gasteiger charge is -1.90. The van der Waals surface area contributed by atoms with Crippen LogP contribution in [0.3, 0.4) is 0 Å². The standard InChI is InChI=1S/C6H9N3O2.BrH/c1-4(10)3-9-6(7)11-5(2)8-9;/h7H,3H2,1-2H3;1H. The predicted octanol–water partition coefficient (Wildman–Crippen LogP) is 0.431. The molecule has 0 aliphatic heterocycles. The SMILES string of the molecule is Br.CC(=O)Cn1nc(C)oc1=N. The summed E-state index contributed by atoms with van der Waals surface area (Å²) in [5, 5.41) is 11.0. The van der Waals surface area contributed by atoms with Crippen molar-refractivity contribution in [1.29, 1.82) is 5.41 Å². The maximum atomic E-state index is 10.6. The first-order valence-electron chi connectivity index (χ1n) is 3.18. The topological polar surface area (TPSA) is 71.9 Å². The summed E-state index contributed by atoms with van der Waals surface area (Å²) in [5.41, 5.74) is -0.0855. The fraction of sp³-hybridized carbons (Fsp3) is 0.500. The quantitative estimate of drug-likeness (QED) is 0.809. The molecule has 0 atom stereocenters. The number of rotatable bonds is 2. The van der Waals surface area contributed by atoms with E-state index in [9.17, 15) is 4.79 Å². The summed E-state index contributed by atoms with van der Waals surface area (Å²) in [4.78, 5) is 10.6. The maximum Gasteiger partial charge on any atom is 0.312 e. The molecule has 0 bridgehead atoms. The van der Waals surface area contributed by atoms with E-state index in [-0.39, 0.29) is 35.0 Å². The van der Waals surface area contributed by atoms with Gasteiger partial charge in [-0.3, -0.25) is 4.79 Å². The van der Waals surface area contributed by atoms with Gasteiger partial charge in [0.2, 0.25) is 5.89 Å². The third-order valence-electron chi connectivity index (χ3n) is 1.11. The Morgan fingerprint density at radius 3 is 2.67 bits per heavy atom. The highest BCUT2D eigenvalue weighted by Crippen LogP contribution is 1.85. The summed E-state index contributed by atoms with van der Waals surface area (Å²) in [7, 11) is 0. The molecule has 0 aromatic carbocycles. The first-order valence-corrected chi connectivity index (χ1v) is 3.18. The van der Waals surface area contributed by atoms with Gasteiger partial charge in [0.15, 0.2) is 5.78 Å². The van der Waals surface area contributed by atoms with E-state index in [2.05, 4.69) is 5.10 Å². The van der Waals surface area contributed by atoms with E-state index in [4.69, 9.17) is 9.83 Å². The molecule has 0 spiro atoms. The molecule has 1 aromatic rings. The van der Waals surface area contributed by atoms with Crippen LogP contribution in [0.15, 0.2) is 4.42 Å². The highest BCUT2D eigenvalue weighted by Gasteiger charge is 2.02. The minimum atomic E-state index is -0.0855. The third-order valence-corrected chi connectivity index (χ3v) is 1.11. The van der Waals surface area contributed by atoms with Gasteiger partial charge in [0.1, 0.15) is 6.54 Å². The van der Waals surface area contributed by atoms with Crippen LogP contribution >= 0.6 is 17.0 Å². The average molecular weight is 236 g/mol. The van der Waals surface area contributed by atoms with Crippen LogP contribution < -0.4 is 5.68 Å². The number of nitrogens with one attached hydrogen (secondary N) is 1. The van der Waals surface area contributed by atoms with Crippen molar-refractivity contribution in [2.75, 3.05) is 0 Å². The van der Waals surface area contributed by atoms with Crippen LogP contribution in [0.2, 0.25) is 0 Å². The van der Waals surface area contributed by atoms with Crippen LogP contribution in [0.25, 0.3) is 0 Å². The first kappa shape index (κ1) is 11.1. The fourth-order valence-electron chi connectivity index (χ4n) is 0.746. The first-order chi connectivity index (χ1) is 5.09. The Balaban J connectivity index is 0.00000121. The number of Topliss-reactive ketones (excluding diaryl/α,β-unsaturated/α-hetero) is 1. The van der Waals surface area contributed by atoms with Gasteiger partial charge in [0, 0.05) is 6.92 Å².